The van der Waals surface area contributed by atoms with Crippen LogP contribution in [0.15, 0.2) is 75.2 Å². The Morgan fingerprint density at radius 3 is 2.68 bits per heavy atom. The fourth-order valence-electron chi connectivity index (χ4n) is 4.73. The molecule has 0 radical (unpaired) electrons. The molecule has 6 rings (SSSR count). The van der Waals surface area contributed by atoms with Crippen LogP contribution >= 0.6 is 23.1 Å². The largest absolute Gasteiger partial charge is 0.447 e. The SMILES string of the molecule is O=C(NCCN1CCCC1)c1coc(CSc2nc3sc4ccccc4c3c(=O)n2Cc2ccccc2)n1. The van der Waals surface area contributed by atoms with Crippen molar-refractivity contribution in [3.05, 3.63) is 88.4 Å². The highest BCUT2D eigenvalue weighted by Crippen LogP contribution is 2.32. The zero-order valence-electron chi connectivity index (χ0n) is 20.8. The van der Waals surface area contributed by atoms with E-state index in [1.807, 2.05) is 54.6 Å². The molecule has 1 saturated heterocycles. The van der Waals surface area contributed by atoms with Gasteiger partial charge in [0.1, 0.15) is 11.1 Å². The van der Waals surface area contributed by atoms with Crippen LogP contribution in [0.2, 0.25) is 0 Å². The number of likely N-dealkylation sites (tertiary alicyclic amines) is 1. The first kappa shape index (κ1) is 24.8. The van der Waals surface area contributed by atoms with Crippen LogP contribution < -0.4 is 10.9 Å². The Kier molecular flexibility index (Phi) is 7.26. The molecule has 3 aromatic heterocycles. The average molecular weight is 546 g/mol. The predicted molar refractivity (Wildman–Crippen MR) is 151 cm³/mol. The minimum Gasteiger partial charge on any atom is -0.447 e. The van der Waals surface area contributed by atoms with Crippen molar-refractivity contribution in [1.29, 1.82) is 0 Å². The molecule has 38 heavy (non-hydrogen) atoms. The van der Waals surface area contributed by atoms with E-state index in [9.17, 15) is 9.59 Å². The molecule has 5 aromatic rings. The van der Waals surface area contributed by atoms with E-state index >= 15 is 0 Å². The number of amides is 1. The Bertz CT molecular complexity index is 1640. The third-order valence-corrected chi connectivity index (χ3v) is 8.69. The van der Waals surface area contributed by atoms with Crippen LogP contribution in [0.1, 0.15) is 34.8 Å². The summed E-state index contributed by atoms with van der Waals surface area (Å²) in [6, 6.07) is 17.8. The minimum absolute atomic E-state index is 0.0655. The Morgan fingerprint density at radius 1 is 1.05 bits per heavy atom. The summed E-state index contributed by atoms with van der Waals surface area (Å²) in [7, 11) is 0. The number of hydrogen-bond acceptors (Lipinski definition) is 8. The van der Waals surface area contributed by atoms with E-state index in [0.717, 1.165) is 35.3 Å². The lowest BCUT2D eigenvalue weighted by molar-refractivity contribution is 0.0944. The van der Waals surface area contributed by atoms with E-state index in [2.05, 4.69) is 15.2 Å². The van der Waals surface area contributed by atoms with Crippen LogP contribution in [0.25, 0.3) is 20.3 Å². The first-order valence-electron chi connectivity index (χ1n) is 12.7. The maximum atomic E-state index is 13.8. The van der Waals surface area contributed by atoms with Gasteiger partial charge in [0.25, 0.3) is 11.5 Å². The molecule has 1 N–H and O–H groups in total. The first-order valence-corrected chi connectivity index (χ1v) is 14.5. The summed E-state index contributed by atoms with van der Waals surface area (Å²) in [6.07, 6.45) is 3.84. The third kappa shape index (κ3) is 5.24. The third-order valence-electron chi connectivity index (χ3n) is 6.67. The van der Waals surface area contributed by atoms with E-state index in [-0.39, 0.29) is 17.2 Å². The second-order valence-corrected chi connectivity index (χ2v) is 11.2. The monoisotopic (exact) mass is 545 g/mol. The number of aromatic nitrogens is 3. The van der Waals surface area contributed by atoms with Crippen molar-refractivity contribution in [3.8, 4) is 0 Å². The molecule has 10 heteroatoms. The highest BCUT2D eigenvalue weighted by atomic mass is 32.2. The molecule has 0 saturated carbocycles. The van der Waals surface area contributed by atoms with Gasteiger partial charge in [0.05, 0.1) is 17.7 Å². The lowest BCUT2D eigenvalue weighted by Crippen LogP contribution is -2.33. The zero-order chi connectivity index (χ0) is 25.9. The summed E-state index contributed by atoms with van der Waals surface area (Å²) in [5.41, 5.74) is 1.21. The Labute approximate surface area is 227 Å². The molecule has 194 valence electrons. The number of nitrogens with zero attached hydrogens (tertiary/aromatic N) is 4. The number of benzene rings is 2. The van der Waals surface area contributed by atoms with Gasteiger partial charge >= 0.3 is 0 Å². The summed E-state index contributed by atoms with van der Waals surface area (Å²) in [4.78, 5) is 38.6. The van der Waals surface area contributed by atoms with Gasteiger partial charge in [-0.2, -0.15) is 0 Å². The van der Waals surface area contributed by atoms with Crippen molar-refractivity contribution in [2.75, 3.05) is 26.2 Å². The predicted octanol–water partition coefficient (Wildman–Crippen LogP) is 4.77. The molecule has 1 fully saturated rings. The molecular formula is C28H27N5O3S2. The van der Waals surface area contributed by atoms with Crippen LogP contribution in [0.5, 0.6) is 0 Å². The second kappa shape index (κ2) is 11.1. The lowest BCUT2D eigenvalue weighted by Gasteiger charge is -2.14. The summed E-state index contributed by atoms with van der Waals surface area (Å²) in [5.74, 6) is 0.519. The van der Waals surface area contributed by atoms with Crippen LogP contribution in [0.3, 0.4) is 0 Å². The molecule has 1 aliphatic rings. The average Bonchev–Trinajstić information content (AvgIpc) is 3.70. The number of fused-ring (bicyclic) bond motifs is 3. The second-order valence-electron chi connectivity index (χ2n) is 9.27. The molecular weight excluding hydrogens is 518 g/mol. The normalized spacial score (nSPS) is 14.0. The van der Waals surface area contributed by atoms with Gasteiger partial charge in [-0.1, -0.05) is 60.3 Å². The maximum Gasteiger partial charge on any atom is 0.273 e. The van der Waals surface area contributed by atoms with Gasteiger partial charge in [-0.3, -0.25) is 14.2 Å². The molecule has 0 aliphatic carbocycles. The number of carbonyl (C=O) groups is 1. The van der Waals surface area contributed by atoms with Gasteiger partial charge in [-0.15, -0.1) is 11.3 Å². The van der Waals surface area contributed by atoms with E-state index in [4.69, 9.17) is 9.40 Å². The van der Waals surface area contributed by atoms with E-state index in [0.29, 0.717) is 40.1 Å². The lowest BCUT2D eigenvalue weighted by atomic mass is 10.2. The molecule has 1 aliphatic heterocycles. The standard InChI is InChI=1S/C28H27N5O3S2/c34-25(29-12-15-32-13-6-7-14-32)21-17-36-23(30-21)18-37-28-31-26-24(20-10-4-5-11-22(20)38-26)27(35)33(28)16-19-8-2-1-3-9-19/h1-5,8-11,17H,6-7,12-16,18H2,(H,29,34). The van der Waals surface area contributed by atoms with Gasteiger partial charge in [0, 0.05) is 23.2 Å². The fourth-order valence-corrected chi connectivity index (χ4v) is 6.70. The number of thiophene rings is 1. The number of carbonyl (C=O) groups excluding carboxylic acids is 1. The van der Waals surface area contributed by atoms with E-state index < -0.39 is 0 Å². The van der Waals surface area contributed by atoms with Crippen molar-refractivity contribution in [2.45, 2.75) is 30.3 Å². The van der Waals surface area contributed by atoms with Gasteiger partial charge in [0.2, 0.25) is 5.89 Å². The number of nitrogens with one attached hydrogen (secondary N) is 1. The summed E-state index contributed by atoms with van der Waals surface area (Å²) in [6.45, 7) is 4.03. The van der Waals surface area contributed by atoms with Gasteiger partial charge < -0.3 is 14.6 Å². The van der Waals surface area contributed by atoms with Crippen LogP contribution in [-0.2, 0) is 12.3 Å². The van der Waals surface area contributed by atoms with E-state index in [1.54, 1.807) is 4.57 Å². The Morgan fingerprint density at radius 2 is 1.84 bits per heavy atom. The first-order chi connectivity index (χ1) is 18.7. The van der Waals surface area contributed by atoms with Crippen molar-refractivity contribution in [3.63, 3.8) is 0 Å². The van der Waals surface area contributed by atoms with Crippen molar-refractivity contribution in [2.24, 2.45) is 0 Å². The Balaban J connectivity index is 1.22. The highest BCUT2D eigenvalue weighted by molar-refractivity contribution is 7.98. The number of hydrogen-bond donors (Lipinski definition) is 1. The maximum absolute atomic E-state index is 13.8. The molecule has 0 bridgehead atoms. The Hall–Kier alpha value is -3.47. The summed E-state index contributed by atoms with van der Waals surface area (Å²) >= 11 is 2.90. The van der Waals surface area contributed by atoms with Gasteiger partial charge in [-0.05, 0) is 37.6 Å². The quantitative estimate of drug-likeness (QED) is 0.211. The van der Waals surface area contributed by atoms with Crippen LogP contribution in [0, 0.1) is 0 Å². The highest BCUT2D eigenvalue weighted by Gasteiger charge is 2.19. The summed E-state index contributed by atoms with van der Waals surface area (Å²) in [5, 5.41) is 5.09. The topological polar surface area (TPSA) is 93.3 Å². The van der Waals surface area contributed by atoms with Crippen molar-refractivity contribution >= 4 is 49.3 Å². The van der Waals surface area contributed by atoms with Crippen LogP contribution in [-0.4, -0.2) is 51.5 Å². The molecule has 4 heterocycles. The molecule has 1 amide bonds. The molecule has 8 nitrogen and oxygen atoms in total. The fraction of sp³-hybridized carbons (Fsp3) is 0.286. The number of thioether (sulfide) groups is 1. The van der Waals surface area contributed by atoms with Crippen molar-refractivity contribution in [1.82, 2.24) is 24.8 Å². The van der Waals surface area contributed by atoms with Gasteiger partial charge in [0.15, 0.2) is 10.9 Å². The van der Waals surface area contributed by atoms with Gasteiger partial charge in [-0.25, -0.2) is 9.97 Å². The molecule has 0 spiro atoms. The van der Waals surface area contributed by atoms with Crippen LogP contribution in [0.4, 0.5) is 0 Å². The molecule has 0 unspecified atom stereocenters. The zero-order valence-corrected chi connectivity index (χ0v) is 22.4. The van der Waals surface area contributed by atoms with E-state index in [1.165, 1.54) is 42.2 Å². The number of oxazole rings is 1. The van der Waals surface area contributed by atoms with Crippen molar-refractivity contribution < 1.29 is 9.21 Å². The summed E-state index contributed by atoms with van der Waals surface area (Å²) < 4.78 is 8.35. The number of rotatable bonds is 9. The minimum atomic E-state index is -0.241. The smallest absolute Gasteiger partial charge is 0.273 e. The molecule has 2 aromatic carbocycles. The molecule has 0 atom stereocenters.